The van der Waals surface area contributed by atoms with Crippen molar-refractivity contribution >= 4 is 15.9 Å². The maximum absolute atomic E-state index is 12.9. The zero-order valence-corrected chi connectivity index (χ0v) is 12.6. The number of hydrogen-bond acceptors (Lipinski definition) is 3. The molecule has 0 aromatic heterocycles. The number of halogens is 3. The highest BCUT2D eigenvalue weighted by Gasteiger charge is 2.33. The molecule has 3 N–H and O–H groups in total. The Labute approximate surface area is 122 Å². The molecule has 0 radical (unpaired) electrons. The van der Waals surface area contributed by atoms with E-state index in [9.17, 15) is 21.6 Å². The summed E-state index contributed by atoms with van der Waals surface area (Å²) in [7, 11) is -3.87. The third-order valence-electron chi connectivity index (χ3n) is 2.93. The van der Waals surface area contributed by atoms with E-state index in [4.69, 9.17) is 5.73 Å². The van der Waals surface area contributed by atoms with E-state index in [1.54, 1.807) is 13.8 Å². The van der Waals surface area contributed by atoms with Gasteiger partial charge in [0.2, 0.25) is 0 Å². The Morgan fingerprint density at radius 3 is 2.24 bits per heavy atom. The number of anilines is 1. The lowest BCUT2D eigenvalue weighted by atomic mass is 10.1. The third kappa shape index (κ3) is 4.32. The van der Waals surface area contributed by atoms with Gasteiger partial charge in [0.1, 0.15) is 0 Å². The van der Waals surface area contributed by atoms with Gasteiger partial charge in [0.25, 0.3) is 0 Å². The van der Waals surface area contributed by atoms with Crippen molar-refractivity contribution in [2.45, 2.75) is 26.6 Å². The number of rotatable bonds is 6. The molecule has 0 heterocycles. The van der Waals surface area contributed by atoms with Crippen LogP contribution in [0.1, 0.15) is 25.0 Å². The largest absolute Gasteiger partial charge is 0.416 e. The zero-order valence-electron chi connectivity index (χ0n) is 11.7. The van der Waals surface area contributed by atoms with E-state index >= 15 is 0 Å². The van der Waals surface area contributed by atoms with Crippen LogP contribution in [0, 0.1) is 0 Å². The molecule has 0 amide bonds. The summed E-state index contributed by atoms with van der Waals surface area (Å²) in [6, 6.07) is 3.19. The van der Waals surface area contributed by atoms with E-state index in [0.29, 0.717) is 0 Å². The van der Waals surface area contributed by atoms with Crippen molar-refractivity contribution in [1.82, 2.24) is 4.31 Å². The van der Waals surface area contributed by atoms with E-state index in [2.05, 4.69) is 4.72 Å². The van der Waals surface area contributed by atoms with Gasteiger partial charge in [0.05, 0.1) is 11.3 Å². The smallest absolute Gasteiger partial charge is 0.326 e. The molecule has 0 saturated carbocycles. The predicted molar refractivity (Wildman–Crippen MR) is 74.8 cm³/mol. The van der Waals surface area contributed by atoms with Gasteiger partial charge in [-0.3, -0.25) is 4.72 Å². The summed E-state index contributed by atoms with van der Waals surface area (Å²) in [6.45, 7) is 3.44. The van der Waals surface area contributed by atoms with E-state index in [-0.39, 0.29) is 30.9 Å². The van der Waals surface area contributed by atoms with Crippen molar-refractivity contribution in [2.24, 2.45) is 5.73 Å². The Hall–Kier alpha value is -1.32. The maximum Gasteiger partial charge on any atom is 0.416 e. The van der Waals surface area contributed by atoms with Gasteiger partial charge in [-0.2, -0.15) is 25.9 Å². The van der Waals surface area contributed by atoms with E-state index in [0.717, 1.165) is 10.4 Å². The second-order valence-corrected chi connectivity index (χ2v) is 5.94. The monoisotopic (exact) mass is 325 g/mol. The fourth-order valence-corrected chi connectivity index (χ4v) is 3.09. The fraction of sp³-hybridized carbons (Fsp3) is 0.500. The van der Waals surface area contributed by atoms with Gasteiger partial charge in [-0.25, -0.2) is 0 Å². The van der Waals surface area contributed by atoms with Gasteiger partial charge in [0, 0.05) is 19.6 Å². The minimum absolute atomic E-state index is 0.0895. The zero-order chi connectivity index (χ0) is 16.3. The molecular weight excluding hydrogens is 307 g/mol. The molecule has 1 aromatic rings. The minimum atomic E-state index is -4.59. The molecule has 0 unspecified atom stereocenters. The van der Waals surface area contributed by atoms with Crippen molar-refractivity contribution < 1.29 is 21.6 Å². The predicted octanol–water partition coefficient (Wildman–Crippen LogP) is 2.16. The minimum Gasteiger partial charge on any atom is -0.326 e. The lowest BCUT2D eigenvalue weighted by Crippen LogP contribution is -2.35. The van der Waals surface area contributed by atoms with Crippen LogP contribution >= 0.6 is 0 Å². The molecule has 0 fully saturated rings. The number of nitrogens with zero attached hydrogens (tertiary/aromatic N) is 1. The molecule has 9 heteroatoms. The summed E-state index contributed by atoms with van der Waals surface area (Å²) in [4.78, 5) is 0. The van der Waals surface area contributed by atoms with Crippen LogP contribution in [0.2, 0.25) is 0 Å². The Balaban J connectivity index is 3.17. The second kappa shape index (κ2) is 6.63. The number of hydrogen-bond donors (Lipinski definition) is 2. The van der Waals surface area contributed by atoms with Gasteiger partial charge in [0.15, 0.2) is 0 Å². The van der Waals surface area contributed by atoms with Gasteiger partial charge >= 0.3 is 16.4 Å². The molecular formula is C12H18F3N3O2S. The van der Waals surface area contributed by atoms with Gasteiger partial charge in [-0.15, -0.1) is 0 Å². The Morgan fingerprint density at radius 1 is 1.24 bits per heavy atom. The molecule has 21 heavy (non-hydrogen) atoms. The van der Waals surface area contributed by atoms with Crippen LogP contribution in [-0.2, 0) is 22.9 Å². The normalized spacial score (nSPS) is 12.7. The number of alkyl halides is 3. The Bertz CT molecular complexity index is 584. The lowest BCUT2D eigenvalue weighted by Gasteiger charge is -2.20. The molecule has 120 valence electrons. The van der Waals surface area contributed by atoms with Crippen LogP contribution in [0.4, 0.5) is 18.9 Å². The molecule has 1 aromatic carbocycles. The molecule has 0 bridgehead atoms. The van der Waals surface area contributed by atoms with Crippen molar-refractivity contribution in [1.29, 1.82) is 0 Å². The number of nitrogens with one attached hydrogen (secondary N) is 1. The highest BCUT2D eigenvalue weighted by Crippen LogP contribution is 2.34. The molecule has 0 aliphatic carbocycles. The van der Waals surface area contributed by atoms with Gasteiger partial charge < -0.3 is 5.73 Å². The lowest BCUT2D eigenvalue weighted by molar-refractivity contribution is -0.138. The van der Waals surface area contributed by atoms with Gasteiger partial charge in [-0.1, -0.05) is 19.9 Å². The molecule has 0 atom stereocenters. The highest BCUT2D eigenvalue weighted by molar-refractivity contribution is 7.90. The summed E-state index contributed by atoms with van der Waals surface area (Å²) in [5.41, 5.74) is 4.09. The van der Waals surface area contributed by atoms with Gasteiger partial charge in [-0.05, 0) is 17.7 Å². The maximum atomic E-state index is 12.9. The summed E-state index contributed by atoms with van der Waals surface area (Å²) in [6.07, 6.45) is -4.59. The topological polar surface area (TPSA) is 75.4 Å². The Kier molecular flexibility index (Phi) is 5.60. The first-order valence-corrected chi connectivity index (χ1v) is 7.77. The highest BCUT2D eigenvalue weighted by atomic mass is 32.2. The number of nitrogens with two attached hydrogens (primary N) is 1. The molecule has 5 nitrogen and oxygen atoms in total. The average Bonchev–Trinajstić information content (AvgIpc) is 2.38. The van der Waals surface area contributed by atoms with Crippen molar-refractivity contribution in [3.8, 4) is 0 Å². The van der Waals surface area contributed by atoms with Crippen LogP contribution in [0.25, 0.3) is 0 Å². The number of benzene rings is 1. The van der Waals surface area contributed by atoms with Crippen LogP contribution in [-0.4, -0.2) is 25.8 Å². The first-order chi connectivity index (χ1) is 9.65. The summed E-state index contributed by atoms with van der Waals surface area (Å²) in [5.74, 6) is 0. The first-order valence-electron chi connectivity index (χ1n) is 6.33. The van der Waals surface area contributed by atoms with E-state index in [1.807, 2.05) is 0 Å². The van der Waals surface area contributed by atoms with Crippen LogP contribution < -0.4 is 10.5 Å². The average molecular weight is 325 g/mol. The molecule has 0 saturated heterocycles. The third-order valence-corrected chi connectivity index (χ3v) is 4.62. The second-order valence-electron chi connectivity index (χ2n) is 4.27. The summed E-state index contributed by atoms with van der Waals surface area (Å²) in [5, 5.41) is 0. The molecule has 1 rings (SSSR count). The Morgan fingerprint density at radius 2 is 1.81 bits per heavy atom. The SMILES string of the molecule is CCN(CC)S(=O)(=O)Nc1ccc(CN)c(C(F)(F)F)c1. The summed E-state index contributed by atoms with van der Waals surface area (Å²) >= 11 is 0. The molecule has 0 aliphatic heterocycles. The van der Waals surface area contributed by atoms with Crippen LogP contribution in [0.15, 0.2) is 18.2 Å². The van der Waals surface area contributed by atoms with Crippen LogP contribution in [0.3, 0.4) is 0 Å². The quantitative estimate of drug-likeness (QED) is 0.841. The molecule has 0 spiro atoms. The van der Waals surface area contributed by atoms with Crippen LogP contribution in [0.5, 0.6) is 0 Å². The van der Waals surface area contributed by atoms with E-state index in [1.165, 1.54) is 12.1 Å². The van der Waals surface area contributed by atoms with Crippen molar-refractivity contribution in [3.05, 3.63) is 29.3 Å². The first kappa shape index (κ1) is 17.7. The standard InChI is InChI=1S/C12H18F3N3O2S/c1-3-18(4-2)21(19,20)17-10-6-5-9(8-16)11(7-10)12(13,14)15/h5-7,17H,3-4,8,16H2,1-2H3. The van der Waals surface area contributed by atoms with Crippen molar-refractivity contribution in [2.75, 3.05) is 17.8 Å². The molecule has 0 aliphatic rings. The van der Waals surface area contributed by atoms with E-state index < -0.39 is 21.9 Å². The fourth-order valence-electron chi connectivity index (χ4n) is 1.86. The van der Waals surface area contributed by atoms with Crippen molar-refractivity contribution in [3.63, 3.8) is 0 Å². The summed E-state index contributed by atoms with van der Waals surface area (Å²) < 4.78 is 65.9.